The van der Waals surface area contributed by atoms with Gasteiger partial charge in [-0.2, -0.15) is 13.5 Å². The number of hydroxylamine groups is 2. The molecular weight excluding hydrogens is 450 g/mol. The topological polar surface area (TPSA) is 151 Å². The standard InChI is InChI=1S/C17H25N5O7S2/c1-17(2,3)28-15(23)18-10-6-9(7-10)13-19-20-14(30-13)12-5-4-11-8-21(12)16(24)22(11)29-31(25,26)27/h9-12H,4-8H2,1-3H3,(H,18,23)(H,25,26,27)/t9-,10-,11-,12-/m0/s1. The molecule has 1 aromatic heterocycles. The van der Waals surface area contributed by atoms with Crippen LogP contribution in [0.25, 0.3) is 0 Å². The lowest BCUT2D eigenvalue weighted by molar-refractivity contribution is -0.0317. The summed E-state index contributed by atoms with van der Waals surface area (Å²) in [7, 11) is -4.77. The Morgan fingerprint density at radius 1 is 1.23 bits per heavy atom. The van der Waals surface area contributed by atoms with Crippen molar-refractivity contribution in [3.8, 4) is 0 Å². The Hall–Kier alpha value is -2.03. The van der Waals surface area contributed by atoms with E-state index in [0.29, 0.717) is 24.4 Å². The quantitative estimate of drug-likeness (QED) is 0.609. The highest BCUT2D eigenvalue weighted by atomic mass is 32.3. The van der Waals surface area contributed by atoms with Gasteiger partial charge in [-0.15, -0.1) is 14.5 Å². The predicted octanol–water partition coefficient (Wildman–Crippen LogP) is 1.98. The molecule has 3 heterocycles. The second kappa shape index (κ2) is 7.83. The van der Waals surface area contributed by atoms with E-state index in [1.165, 1.54) is 16.2 Å². The van der Waals surface area contributed by atoms with E-state index in [4.69, 9.17) is 9.29 Å². The first-order valence-corrected chi connectivity index (χ1v) is 12.2. The molecule has 12 nitrogen and oxygen atoms in total. The molecule has 1 aliphatic carbocycles. The first kappa shape index (κ1) is 22.2. The number of aromatic nitrogens is 2. The average molecular weight is 476 g/mol. The van der Waals surface area contributed by atoms with Gasteiger partial charge in [0.1, 0.15) is 15.6 Å². The minimum Gasteiger partial charge on any atom is -0.444 e. The van der Waals surface area contributed by atoms with Crippen LogP contribution in [0.3, 0.4) is 0 Å². The van der Waals surface area contributed by atoms with Crippen LogP contribution in [0.5, 0.6) is 0 Å². The van der Waals surface area contributed by atoms with Gasteiger partial charge in [-0.1, -0.05) is 11.3 Å². The molecule has 4 rings (SSSR count). The first-order valence-electron chi connectivity index (χ1n) is 9.99. The highest BCUT2D eigenvalue weighted by Gasteiger charge is 2.48. The molecule has 3 amide bonds. The van der Waals surface area contributed by atoms with Crippen LogP contribution in [-0.4, -0.2) is 69.5 Å². The number of alkyl carbamates (subject to hydrolysis) is 1. The minimum absolute atomic E-state index is 0.0222. The summed E-state index contributed by atoms with van der Waals surface area (Å²) in [6.07, 6.45) is 2.14. The minimum atomic E-state index is -4.77. The molecule has 2 N–H and O–H groups in total. The third kappa shape index (κ3) is 4.91. The molecule has 3 fully saturated rings. The van der Waals surface area contributed by atoms with Gasteiger partial charge in [0.2, 0.25) is 0 Å². The maximum Gasteiger partial charge on any atom is 0.418 e. The Balaban J connectivity index is 1.34. The monoisotopic (exact) mass is 475 g/mol. The van der Waals surface area contributed by atoms with E-state index in [-0.39, 0.29) is 18.0 Å². The number of piperidine rings is 1. The molecule has 3 aliphatic rings. The Morgan fingerprint density at radius 2 is 1.90 bits per heavy atom. The van der Waals surface area contributed by atoms with Gasteiger partial charge in [-0.3, -0.25) is 4.55 Å². The number of fused-ring (bicyclic) bond motifs is 2. The number of nitrogens with zero attached hydrogens (tertiary/aromatic N) is 4. The van der Waals surface area contributed by atoms with E-state index < -0.39 is 34.2 Å². The SMILES string of the molecule is CC(C)(C)OC(=O)N[C@H]1C[C@H](c2nnc([C@@H]3CC[C@H]4CN3C(=O)N4OS(=O)(=O)O)s2)C1. The highest BCUT2D eigenvalue weighted by molar-refractivity contribution is 7.80. The van der Waals surface area contributed by atoms with E-state index in [1.807, 2.05) is 20.8 Å². The van der Waals surface area contributed by atoms with Crippen molar-refractivity contribution in [2.75, 3.05) is 6.54 Å². The van der Waals surface area contributed by atoms with E-state index in [0.717, 1.165) is 22.9 Å². The summed E-state index contributed by atoms with van der Waals surface area (Å²) < 4.78 is 40.7. The van der Waals surface area contributed by atoms with Gasteiger partial charge in [-0.25, -0.2) is 9.59 Å². The van der Waals surface area contributed by atoms with Crippen molar-refractivity contribution in [1.29, 1.82) is 0 Å². The van der Waals surface area contributed by atoms with Crippen LogP contribution in [0, 0.1) is 0 Å². The van der Waals surface area contributed by atoms with E-state index >= 15 is 0 Å². The fraction of sp³-hybridized carbons (Fsp3) is 0.765. The van der Waals surface area contributed by atoms with Crippen LogP contribution in [0.1, 0.15) is 68.4 Å². The lowest BCUT2D eigenvalue weighted by Crippen LogP contribution is -2.45. The number of ether oxygens (including phenoxy) is 1. The summed E-state index contributed by atoms with van der Waals surface area (Å²) in [4.78, 5) is 25.9. The summed E-state index contributed by atoms with van der Waals surface area (Å²) in [6.45, 7) is 5.72. The van der Waals surface area contributed by atoms with Crippen molar-refractivity contribution in [3.63, 3.8) is 0 Å². The number of hydrogen-bond acceptors (Lipinski definition) is 9. The normalized spacial score (nSPS) is 28.5. The number of urea groups is 1. The number of carbonyl (C=O) groups excluding carboxylic acids is 2. The summed E-state index contributed by atoms with van der Waals surface area (Å²) in [5.74, 6) is 0.177. The Morgan fingerprint density at radius 3 is 2.55 bits per heavy atom. The van der Waals surface area contributed by atoms with Gasteiger partial charge < -0.3 is 15.0 Å². The van der Waals surface area contributed by atoms with Gasteiger partial charge in [0.15, 0.2) is 0 Å². The van der Waals surface area contributed by atoms with Gasteiger partial charge in [0.05, 0.1) is 12.1 Å². The molecule has 14 heteroatoms. The first-order chi connectivity index (χ1) is 14.4. The van der Waals surface area contributed by atoms with Crippen LogP contribution in [-0.2, 0) is 19.4 Å². The molecule has 2 bridgehead atoms. The molecule has 1 aromatic rings. The van der Waals surface area contributed by atoms with Crippen molar-refractivity contribution < 1.29 is 31.6 Å². The van der Waals surface area contributed by atoms with Crippen LogP contribution < -0.4 is 5.32 Å². The third-order valence-electron chi connectivity index (χ3n) is 5.45. The highest BCUT2D eigenvalue weighted by Crippen LogP contribution is 2.43. The number of rotatable bonds is 5. The fourth-order valence-electron chi connectivity index (χ4n) is 4.05. The lowest BCUT2D eigenvalue weighted by atomic mass is 9.81. The number of nitrogens with one attached hydrogen (secondary N) is 1. The lowest BCUT2D eigenvalue weighted by Gasteiger charge is -2.34. The largest absolute Gasteiger partial charge is 0.444 e. The molecule has 172 valence electrons. The molecule has 0 radical (unpaired) electrons. The second-order valence-electron chi connectivity index (χ2n) is 9.00. The molecule has 0 unspecified atom stereocenters. The second-order valence-corrected chi connectivity index (χ2v) is 11.0. The summed E-state index contributed by atoms with van der Waals surface area (Å²) >= 11 is 1.42. The summed E-state index contributed by atoms with van der Waals surface area (Å²) in [5, 5.41) is 13.6. The number of hydrogen-bond donors (Lipinski definition) is 2. The summed E-state index contributed by atoms with van der Waals surface area (Å²) in [5.41, 5.74) is -0.546. The van der Waals surface area contributed by atoms with Crippen LogP contribution in [0.2, 0.25) is 0 Å². The van der Waals surface area contributed by atoms with E-state index in [2.05, 4.69) is 19.8 Å². The molecule has 1 saturated carbocycles. The zero-order valence-corrected chi connectivity index (χ0v) is 19.0. The number of carbonyl (C=O) groups is 2. The Kier molecular flexibility index (Phi) is 5.60. The van der Waals surface area contributed by atoms with Crippen LogP contribution in [0.15, 0.2) is 0 Å². The molecule has 2 saturated heterocycles. The maximum absolute atomic E-state index is 12.6. The van der Waals surface area contributed by atoms with Gasteiger partial charge in [-0.05, 0) is 46.5 Å². The van der Waals surface area contributed by atoms with Crippen LogP contribution in [0.4, 0.5) is 9.59 Å². The Labute approximate surface area is 183 Å². The molecule has 0 spiro atoms. The summed E-state index contributed by atoms with van der Waals surface area (Å²) in [6, 6.07) is -1.36. The third-order valence-corrected chi connectivity index (χ3v) is 6.98. The number of amides is 3. The van der Waals surface area contributed by atoms with Crippen molar-refractivity contribution in [2.24, 2.45) is 0 Å². The zero-order chi connectivity index (χ0) is 22.6. The van der Waals surface area contributed by atoms with Gasteiger partial charge in [0.25, 0.3) is 0 Å². The van der Waals surface area contributed by atoms with Crippen molar-refractivity contribution in [1.82, 2.24) is 25.5 Å². The van der Waals surface area contributed by atoms with E-state index in [9.17, 15) is 18.0 Å². The average Bonchev–Trinajstić information content (AvgIpc) is 3.16. The molecule has 2 atom stereocenters. The molecule has 2 aliphatic heterocycles. The van der Waals surface area contributed by atoms with E-state index in [1.54, 1.807) is 0 Å². The van der Waals surface area contributed by atoms with Crippen molar-refractivity contribution in [2.45, 2.75) is 76.1 Å². The van der Waals surface area contributed by atoms with Gasteiger partial charge in [0, 0.05) is 18.5 Å². The van der Waals surface area contributed by atoms with Crippen molar-refractivity contribution in [3.05, 3.63) is 10.0 Å². The smallest absolute Gasteiger partial charge is 0.418 e. The zero-order valence-electron chi connectivity index (χ0n) is 17.3. The Bertz CT molecular complexity index is 970. The predicted molar refractivity (Wildman–Crippen MR) is 107 cm³/mol. The molecule has 0 aromatic carbocycles. The molecule has 31 heavy (non-hydrogen) atoms. The van der Waals surface area contributed by atoms with Gasteiger partial charge >= 0.3 is 22.5 Å². The van der Waals surface area contributed by atoms with Crippen molar-refractivity contribution >= 4 is 33.9 Å². The van der Waals surface area contributed by atoms with Crippen LogP contribution >= 0.6 is 11.3 Å². The molecular formula is C17H25N5O7S2. The fourth-order valence-corrected chi connectivity index (χ4v) is 5.55. The maximum atomic E-state index is 12.6.